The van der Waals surface area contributed by atoms with Gasteiger partial charge in [-0.1, -0.05) is 75.7 Å². The first-order valence-electron chi connectivity index (χ1n) is 12.2. The average molecular weight is 502 g/mol. The van der Waals surface area contributed by atoms with Crippen LogP contribution in [0.1, 0.15) is 63.1 Å². The molecular weight excluding hydrogens is 462 g/mol. The van der Waals surface area contributed by atoms with Gasteiger partial charge < -0.3 is 10.2 Å². The Kier molecular flexibility index (Phi) is 10.3. The number of carbonyl (C=O) groups is 2. The van der Waals surface area contributed by atoms with Gasteiger partial charge in [0.2, 0.25) is 21.8 Å². The zero-order chi connectivity index (χ0) is 26.2. The summed E-state index contributed by atoms with van der Waals surface area (Å²) in [5.74, 6) is -0.589. The Labute approximate surface area is 210 Å². The molecule has 0 fully saturated rings. The van der Waals surface area contributed by atoms with E-state index in [0.29, 0.717) is 18.7 Å². The molecule has 8 heteroatoms. The number of rotatable bonds is 12. The van der Waals surface area contributed by atoms with Gasteiger partial charge in [-0.2, -0.15) is 0 Å². The molecule has 1 atom stereocenters. The van der Waals surface area contributed by atoms with Crippen molar-refractivity contribution in [1.82, 2.24) is 10.2 Å². The highest BCUT2D eigenvalue weighted by Gasteiger charge is 2.32. The lowest BCUT2D eigenvalue weighted by molar-refractivity contribution is -0.140. The lowest BCUT2D eigenvalue weighted by Crippen LogP contribution is -2.52. The molecule has 0 aliphatic rings. The van der Waals surface area contributed by atoms with Crippen LogP contribution in [0.4, 0.5) is 5.69 Å². The first-order chi connectivity index (χ1) is 16.5. The standard InChI is InChI=1S/C27H39N3O4S/c1-7-17-28-27(32)24(8-2)29(18-22-15-13-21(5)14-16-22)26(31)19-30(35(6,33)34)25-12-10-9-11-23(25)20(3)4/h9-16,20,24H,7-8,17-19H2,1-6H3,(H,28,32). The monoisotopic (exact) mass is 501 g/mol. The van der Waals surface area contributed by atoms with Gasteiger partial charge in [-0.3, -0.25) is 13.9 Å². The third-order valence-corrected chi connectivity index (χ3v) is 7.04. The highest BCUT2D eigenvalue weighted by atomic mass is 32.2. The minimum atomic E-state index is -3.76. The van der Waals surface area contributed by atoms with Gasteiger partial charge in [0.15, 0.2) is 0 Å². The van der Waals surface area contributed by atoms with Gasteiger partial charge in [0.05, 0.1) is 11.9 Å². The van der Waals surface area contributed by atoms with Crippen LogP contribution in [0, 0.1) is 6.92 Å². The van der Waals surface area contributed by atoms with E-state index in [-0.39, 0.29) is 24.9 Å². The number of aryl methyl sites for hydroxylation is 1. The largest absolute Gasteiger partial charge is 0.354 e. The van der Waals surface area contributed by atoms with Crippen LogP contribution in [0.2, 0.25) is 0 Å². The van der Waals surface area contributed by atoms with Crippen molar-refractivity contribution >= 4 is 27.5 Å². The summed E-state index contributed by atoms with van der Waals surface area (Å²) in [5.41, 5.74) is 3.28. The molecule has 192 valence electrons. The molecule has 7 nitrogen and oxygen atoms in total. The summed E-state index contributed by atoms with van der Waals surface area (Å²) < 4.78 is 26.9. The van der Waals surface area contributed by atoms with Crippen molar-refractivity contribution in [2.24, 2.45) is 0 Å². The normalized spacial score (nSPS) is 12.3. The third kappa shape index (κ3) is 7.82. The molecule has 0 bridgehead atoms. The molecule has 35 heavy (non-hydrogen) atoms. The van der Waals surface area contributed by atoms with Gasteiger partial charge in [0, 0.05) is 13.1 Å². The highest BCUT2D eigenvalue weighted by Crippen LogP contribution is 2.29. The smallest absolute Gasteiger partial charge is 0.244 e. The molecule has 2 aromatic rings. The molecule has 0 saturated heterocycles. The number of hydrogen-bond donors (Lipinski definition) is 1. The number of nitrogens with zero attached hydrogens (tertiary/aromatic N) is 2. The Bertz CT molecular complexity index is 1100. The van der Waals surface area contributed by atoms with Crippen molar-refractivity contribution in [1.29, 1.82) is 0 Å². The SMILES string of the molecule is CCCNC(=O)C(CC)N(Cc1ccc(C)cc1)C(=O)CN(c1ccccc1C(C)C)S(C)(=O)=O. The summed E-state index contributed by atoms with van der Waals surface area (Å²) in [6.07, 6.45) is 2.30. The predicted molar refractivity (Wildman–Crippen MR) is 142 cm³/mol. The van der Waals surface area contributed by atoms with Gasteiger partial charge in [0.1, 0.15) is 12.6 Å². The van der Waals surface area contributed by atoms with E-state index in [0.717, 1.165) is 33.7 Å². The maximum atomic E-state index is 13.7. The van der Waals surface area contributed by atoms with Crippen LogP contribution >= 0.6 is 0 Å². The predicted octanol–water partition coefficient (Wildman–Crippen LogP) is 4.22. The van der Waals surface area contributed by atoms with Crippen LogP contribution in [0.15, 0.2) is 48.5 Å². The minimum absolute atomic E-state index is 0.0671. The van der Waals surface area contributed by atoms with Crippen LogP contribution in [-0.2, 0) is 26.2 Å². The number of nitrogens with one attached hydrogen (secondary N) is 1. The summed E-state index contributed by atoms with van der Waals surface area (Å²) in [6, 6.07) is 14.3. The number of para-hydroxylation sites is 1. The van der Waals surface area contributed by atoms with E-state index in [4.69, 9.17) is 0 Å². The molecule has 2 amide bonds. The summed E-state index contributed by atoms with van der Waals surface area (Å²) in [6.45, 7) is 10.1. The molecule has 0 radical (unpaired) electrons. The Hall–Kier alpha value is -2.87. The lowest BCUT2D eigenvalue weighted by atomic mass is 10.0. The van der Waals surface area contributed by atoms with Crippen molar-refractivity contribution in [3.63, 3.8) is 0 Å². The van der Waals surface area contributed by atoms with E-state index < -0.39 is 22.0 Å². The number of amides is 2. The number of anilines is 1. The first-order valence-corrected chi connectivity index (χ1v) is 14.0. The number of sulfonamides is 1. The maximum Gasteiger partial charge on any atom is 0.244 e. The number of benzene rings is 2. The third-order valence-electron chi connectivity index (χ3n) is 5.92. The van der Waals surface area contributed by atoms with Crippen LogP contribution in [0.5, 0.6) is 0 Å². The van der Waals surface area contributed by atoms with Crippen LogP contribution in [0.3, 0.4) is 0 Å². The fraction of sp³-hybridized carbons (Fsp3) is 0.481. The number of hydrogen-bond acceptors (Lipinski definition) is 4. The van der Waals surface area contributed by atoms with E-state index in [1.165, 1.54) is 4.90 Å². The van der Waals surface area contributed by atoms with E-state index in [2.05, 4.69) is 5.32 Å². The molecule has 0 aliphatic heterocycles. The van der Waals surface area contributed by atoms with E-state index in [1.54, 1.807) is 12.1 Å². The summed E-state index contributed by atoms with van der Waals surface area (Å²) in [5, 5.41) is 2.89. The van der Waals surface area contributed by atoms with Crippen molar-refractivity contribution in [2.45, 2.75) is 66.0 Å². The van der Waals surface area contributed by atoms with Crippen LogP contribution in [-0.4, -0.2) is 50.5 Å². The average Bonchev–Trinajstić information content (AvgIpc) is 2.81. The molecule has 1 unspecified atom stereocenters. The Balaban J connectivity index is 2.48. The fourth-order valence-corrected chi connectivity index (χ4v) is 4.84. The summed E-state index contributed by atoms with van der Waals surface area (Å²) in [7, 11) is -3.76. The van der Waals surface area contributed by atoms with E-state index in [1.807, 2.05) is 71.0 Å². The van der Waals surface area contributed by atoms with Gasteiger partial charge in [-0.25, -0.2) is 8.42 Å². The summed E-state index contributed by atoms with van der Waals surface area (Å²) in [4.78, 5) is 28.2. The maximum absolute atomic E-state index is 13.7. The molecule has 0 aliphatic carbocycles. The fourth-order valence-electron chi connectivity index (χ4n) is 3.97. The molecule has 0 heterocycles. The van der Waals surface area contributed by atoms with E-state index >= 15 is 0 Å². The zero-order valence-electron chi connectivity index (χ0n) is 21.7. The molecule has 1 N–H and O–H groups in total. The second-order valence-electron chi connectivity index (χ2n) is 9.21. The van der Waals surface area contributed by atoms with Crippen LogP contribution < -0.4 is 9.62 Å². The Morgan fingerprint density at radius 1 is 1.00 bits per heavy atom. The molecule has 0 saturated carbocycles. The van der Waals surface area contributed by atoms with Crippen molar-refractivity contribution in [3.05, 3.63) is 65.2 Å². The van der Waals surface area contributed by atoms with Gasteiger partial charge in [0.25, 0.3) is 0 Å². The Morgan fingerprint density at radius 3 is 2.17 bits per heavy atom. The molecule has 2 aromatic carbocycles. The first kappa shape index (κ1) is 28.4. The van der Waals surface area contributed by atoms with Gasteiger partial charge in [-0.15, -0.1) is 0 Å². The zero-order valence-corrected chi connectivity index (χ0v) is 22.6. The molecular formula is C27H39N3O4S. The van der Waals surface area contributed by atoms with Gasteiger partial charge in [-0.05, 0) is 42.9 Å². The van der Waals surface area contributed by atoms with E-state index in [9.17, 15) is 18.0 Å². The molecule has 0 spiro atoms. The van der Waals surface area contributed by atoms with Crippen molar-refractivity contribution in [2.75, 3.05) is 23.7 Å². The second kappa shape index (κ2) is 12.7. The summed E-state index contributed by atoms with van der Waals surface area (Å²) >= 11 is 0. The highest BCUT2D eigenvalue weighted by molar-refractivity contribution is 7.92. The molecule has 0 aromatic heterocycles. The van der Waals surface area contributed by atoms with Gasteiger partial charge >= 0.3 is 0 Å². The van der Waals surface area contributed by atoms with Crippen molar-refractivity contribution in [3.8, 4) is 0 Å². The molecule has 2 rings (SSSR count). The second-order valence-corrected chi connectivity index (χ2v) is 11.1. The minimum Gasteiger partial charge on any atom is -0.354 e. The quantitative estimate of drug-likeness (QED) is 0.472. The Morgan fingerprint density at radius 2 is 1.63 bits per heavy atom. The number of carbonyl (C=O) groups excluding carboxylic acids is 2. The van der Waals surface area contributed by atoms with Crippen LogP contribution in [0.25, 0.3) is 0 Å². The topological polar surface area (TPSA) is 86.8 Å². The van der Waals surface area contributed by atoms with Crippen molar-refractivity contribution < 1.29 is 18.0 Å². The lowest BCUT2D eigenvalue weighted by Gasteiger charge is -2.33.